The second-order valence-electron chi connectivity index (χ2n) is 4.72. The van der Waals surface area contributed by atoms with E-state index in [1.807, 2.05) is 32.0 Å². The molecule has 18 heavy (non-hydrogen) atoms. The van der Waals surface area contributed by atoms with E-state index in [0.29, 0.717) is 6.54 Å². The van der Waals surface area contributed by atoms with Crippen LogP contribution in [-0.4, -0.2) is 31.3 Å². The van der Waals surface area contributed by atoms with E-state index in [0.717, 1.165) is 12.2 Å². The highest BCUT2D eigenvalue weighted by atomic mass is 16.5. The molecule has 0 saturated heterocycles. The number of fused-ring (bicyclic) bond motifs is 1. The maximum Gasteiger partial charge on any atom is 0.320 e. The second kappa shape index (κ2) is 5.87. The summed E-state index contributed by atoms with van der Waals surface area (Å²) in [6.45, 7) is 4.57. The third-order valence-corrected chi connectivity index (χ3v) is 2.72. The maximum atomic E-state index is 11.3. The molecule has 0 spiro atoms. The van der Waals surface area contributed by atoms with Gasteiger partial charge in [-0.3, -0.25) is 4.79 Å². The van der Waals surface area contributed by atoms with Gasteiger partial charge in [-0.15, -0.1) is 0 Å². The van der Waals surface area contributed by atoms with E-state index in [1.54, 1.807) is 0 Å². The van der Waals surface area contributed by atoms with Crippen LogP contribution in [0.3, 0.4) is 0 Å². The quantitative estimate of drug-likeness (QED) is 0.804. The first-order valence-corrected chi connectivity index (χ1v) is 6.30. The molecule has 1 atom stereocenters. The molecule has 0 saturated carbocycles. The van der Waals surface area contributed by atoms with Crippen molar-refractivity contribution >= 4 is 5.97 Å². The maximum absolute atomic E-state index is 11.3. The van der Waals surface area contributed by atoms with Crippen molar-refractivity contribution in [3.63, 3.8) is 0 Å². The first kappa shape index (κ1) is 12.9. The summed E-state index contributed by atoms with van der Waals surface area (Å²) in [6, 6.07) is 8.03. The van der Waals surface area contributed by atoms with Crippen molar-refractivity contribution in [1.29, 1.82) is 0 Å². The Labute approximate surface area is 107 Å². The molecule has 1 aromatic carbocycles. The van der Waals surface area contributed by atoms with Gasteiger partial charge in [0.25, 0.3) is 0 Å². The van der Waals surface area contributed by atoms with Gasteiger partial charge < -0.3 is 14.8 Å². The third kappa shape index (κ3) is 3.47. The molecule has 1 heterocycles. The lowest BCUT2D eigenvalue weighted by atomic mass is 10.1. The largest absolute Gasteiger partial charge is 0.488 e. The number of benzene rings is 1. The normalized spacial score (nSPS) is 17.4. The van der Waals surface area contributed by atoms with E-state index in [4.69, 9.17) is 9.47 Å². The smallest absolute Gasteiger partial charge is 0.320 e. The number of esters is 1. The van der Waals surface area contributed by atoms with Crippen molar-refractivity contribution in [2.45, 2.75) is 32.5 Å². The highest BCUT2D eigenvalue weighted by molar-refractivity contribution is 5.71. The summed E-state index contributed by atoms with van der Waals surface area (Å²) in [5.74, 6) is 0.731. The highest BCUT2D eigenvalue weighted by Gasteiger charge is 2.21. The number of hydrogen-bond donors (Lipinski definition) is 1. The summed E-state index contributed by atoms with van der Waals surface area (Å²) in [5, 5.41) is 3.07. The van der Waals surface area contributed by atoms with Crippen LogP contribution in [-0.2, 0) is 16.0 Å². The Morgan fingerprint density at radius 3 is 3.00 bits per heavy atom. The van der Waals surface area contributed by atoms with Crippen LogP contribution in [0.1, 0.15) is 19.4 Å². The Balaban J connectivity index is 1.69. The van der Waals surface area contributed by atoms with Crippen molar-refractivity contribution < 1.29 is 14.3 Å². The number of carbonyl (C=O) groups excluding carboxylic acids is 1. The molecule has 1 aromatic rings. The molecule has 0 radical (unpaired) electrons. The van der Waals surface area contributed by atoms with Crippen LogP contribution in [0.25, 0.3) is 0 Å². The summed E-state index contributed by atoms with van der Waals surface area (Å²) in [5.41, 5.74) is 1.23. The number of nitrogens with one attached hydrogen (secondary N) is 1. The first-order valence-electron chi connectivity index (χ1n) is 6.30. The van der Waals surface area contributed by atoms with Gasteiger partial charge in [0.2, 0.25) is 0 Å². The molecule has 1 aliphatic rings. The van der Waals surface area contributed by atoms with E-state index in [-0.39, 0.29) is 24.7 Å². The lowest BCUT2D eigenvalue weighted by Gasteiger charge is -2.12. The van der Waals surface area contributed by atoms with Crippen molar-refractivity contribution in [3.8, 4) is 5.75 Å². The number of carbonyl (C=O) groups is 1. The van der Waals surface area contributed by atoms with Gasteiger partial charge in [0, 0.05) is 13.0 Å². The molecule has 0 aromatic heterocycles. The van der Waals surface area contributed by atoms with Crippen molar-refractivity contribution in [2.75, 3.05) is 13.1 Å². The van der Waals surface area contributed by atoms with Gasteiger partial charge in [-0.2, -0.15) is 0 Å². The van der Waals surface area contributed by atoms with Gasteiger partial charge in [-0.05, 0) is 25.5 Å². The zero-order chi connectivity index (χ0) is 13.0. The first-order chi connectivity index (χ1) is 8.65. The van der Waals surface area contributed by atoms with E-state index < -0.39 is 0 Å². The minimum absolute atomic E-state index is 0.0636. The number of rotatable bonds is 5. The standard InChI is InChI=1S/C14H19NO3/c1-10(2)17-14(16)9-15-8-12-7-11-5-3-4-6-13(11)18-12/h3-6,10,12,15H,7-9H2,1-2H3. The SMILES string of the molecule is CC(C)OC(=O)CNCC1Cc2ccccc2O1. The number of para-hydroxylation sites is 1. The molecule has 1 unspecified atom stereocenters. The molecule has 2 rings (SSSR count). The van der Waals surface area contributed by atoms with Crippen LogP contribution >= 0.6 is 0 Å². The Kier molecular flexibility index (Phi) is 4.20. The molecular formula is C14H19NO3. The van der Waals surface area contributed by atoms with Crippen molar-refractivity contribution in [1.82, 2.24) is 5.32 Å². The fourth-order valence-electron chi connectivity index (χ4n) is 2.01. The average Bonchev–Trinajstić information content (AvgIpc) is 2.70. The third-order valence-electron chi connectivity index (χ3n) is 2.72. The number of ether oxygens (including phenoxy) is 2. The molecule has 1 aliphatic heterocycles. The lowest BCUT2D eigenvalue weighted by molar-refractivity contribution is -0.146. The van der Waals surface area contributed by atoms with Crippen LogP contribution in [0.4, 0.5) is 0 Å². The predicted octanol–water partition coefficient (Wildman–Crippen LogP) is 1.53. The van der Waals surface area contributed by atoms with Gasteiger partial charge in [0.05, 0.1) is 12.6 Å². The summed E-state index contributed by atoms with van der Waals surface area (Å²) < 4.78 is 10.8. The van der Waals surface area contributed by atoms with Crippen LogP contribution in [0.5, 0.6) is 5.75 Å². The van der Waals surface area contributed by atoms with E-state index in [9.17, 15) is 4.79 Å². The summed E-state index contributed by atoms with van der Waals surface area (Å²) >= 11 is 0. The van der Waals surface area contributed by atoms with Crippen LogP contribution in [0.2, 0.25) is 0 Å². The minimum Gasteiger partial charge on any atom is -0.488 e. The molecular weight excluding hydrogens is 230 g/mol. The zero-order valence-corrected chi connectivity index (χ0v) is 10.8. The zero-order valence-electron chi connectivity index (χ0n) is 10.8. The van der Waals surface area contributed by atoms with E-state index in [1.165, 1.54) is 5.56 Å². The van der Waals surface area contributed by atoms with Gasteiger partial charge in [0.15, 0.2) is 0 Å². The van der Waals surface area contributed by atoms with Gasteiger partial charge in [0.1, 0.15) is 11.9 Å². The minimum atomic E-state index is -0.222. The summed E-state index contributed by atoms with van der Waals surface area (Å²) in [4.78, 5) is 11.3. The van der Waals surface area contributed by atoms with Gasteiger partial charge in [-0.25, -0.2) is 0 Å². The van der Waals surface area contributed by atoms with E-state index in [2.05, 4.69) is 11.4 Å². The Bertz CT molecular complexity index is 392. The van der Waals surface area contributed by atoms with Crippen molar-refractivity contribution in [2.24, 2.45) is 0 Å². The second-order valence-corrected chi connectivity index (χ2v) is 4.72. The van der Waals surface area contributed by atoms with Gasteiger partial charge >= 0.3 is 5.97 Å². The van der Waals surface area contributed by atoms with Crippen LogP contribution in [0.15, 0.2) is 24.3 Å². The van der Waals surface area contributed by atoms with E-state index >= 15 is 0 Å². The molecule has 0 fully saturated rings. The molecule has 4 nitrogen and oxygen atoms in total. The number of hydrogen-bond acceptors (Lipinski definition) is 4. The average molecular weight is 249 g/mol. The summed E-state index contributed by atoms with van der Waals surface area (Å²) in [6.07, 6.45) is 0.933. The molecule has 0 bridgehead atoms. The fraction of sp³-hybridized carbons (Fsp3) is 0.500. The molecule has 1 N–H and O–H groups in total. The Hall–Kier alpha value is -1.55. The predicted molar refractivity (Wildman–Crippen MR) is 68.7 cm³/mol. The van der Waals surface area contributed by atoms with Crippen molar-refractivity contribution in [3.05, 3.63) is 29.8 Å². The molecule has 0 amide bonds. The Morgan fingerprint density at radius 2 is 2.28 bits per heavy atom. The van der Waals surface area contributed by atoms with Crippen LogP contribution < -0.4 is 10.1 Å². The topological polar surface area (TPSA) is 47.6 Å². The Morgan fingerprint density at radius 1 is 1.50 bits per heavy atom. The molecule has 98 valence electrons. The lowest BCUT2D eigenvalue weighted by Crippen LogP contribution is -2.34. The summed E-state index contributed by atoms with van der Waals surface area (Å²) in [7, 11) is 0. The highest BCUT2D eigenvalue weighted by Crippen LogP contribution is 2.27. The van der Waals surface area contributed by atoms with Gasteiger partial charge in [-0.1, -0.05) is 18.2 Å². The van der Waals surface area contributed by atoms with Crippen LogP contribution in [0, 0.1) is 0 Å². The molecule has 4 heteroatoms. The fourth-order valence-corrected chi connectivity index (χ4v) is 2.01. The monoisotopic (exact) mass is 249 g/mol. The molecule has 0 aliphatic carbocycles.